The number of aromatic nitrogens is 2. The summed E-state index contributed by atoms with van der Waals surface area (Å²) in [6.45, 7) is 1.88. The Morgan fingerprint density at radius 3 is 2.89 bits per heavy atom. The van der Waals surface area contributed by atoms with Crippen LogP contribution in [0.5, 0.6) is 11.6 Å². The van der Waals surface area contributed by atoms with Crippen LogP contribution in [0.4, 0.5) is 0 Å². The molecule has 2 rings (SSSR count). The summed E-state index contributed by atoms with van der Waals surface area (Å²) in [5, 5.41) is 9.13. The number of aryl methyl sites for hydroxylation is 1. The molecule has 0 radical (unpaired) electrons. The van der Waals surface area contributed by atoms with Crippen LogP contribution in [-0.4, -0.2) is 9.97 Å². The molecule has 0 fully saturated rings. The van der Waals surface area contributed by atoms with Gasteiger partial charge in [0.05, 0.1) is 11.6 Å². The highest BCUT2D eigenvalue weighted by molar-refractivity contribution is 9.10. The summed E-state index contributed by atoms with van der Waals surface area (Å²) in [7, 11) is 0. The van der Waals surface area contributed by atoms with E-state index in [2.05, 4.69) is 32.0 Å². The summed E-state index contributed by atoms with van der Waals surface area (Å²) in [6, 6.07) is 7.24. The molecule has 0 saturated carbocycles. The first-order chi connectivity index (χ1) is 8.61. The summed E-state index contributed by atoms with van der Waals surface area (Å²) in [6.07, 6.45) is 1.31. The molecule has 0 aliphatic heterocycles. The Kier molecular flexibility index (Phi) is 3.80. The summed E-state index contributed by atoms with van der Waals surface area (Å²) in [4.78, 5) is 7.80. The minimum atomic E-state index is 0.272. The van der Waals surface area contributed by atoms with Gasteiger partial charge in [-0.05, 0) is 40.5 Å². The molecule has 1 heterocycles. The standard InChI is InChI=1S/C12H7BrClN3O/c1-7-2-3-8(5-15)4-9(7)18-12-10(13)11(14)16-6-17-12/h2-4,6H,1H3. The highest BCUT2D eigenvalue weighted by Crippen LogP contribution is 2.33. The lowest BCUT2D eigenvalue weighted by atomic mass is 10.1. The molecule has 18 heavy (non-hydrogen) atoms. The van der Waals surface area contributed by atoms with Crippen LogP contribution in [0.25, 0.3) is 0 Å². The van der Waals surface area contributed by atoms with Crippen LogP contribution >= 0.6 is 27.5 Å². The molecule has 2 aromatic rings. The number of benzene rings is 1. The van der Waals surface area contributed by atoms with Crippen LogP contribution in [-0.2, 0) is 0 Å². The topological polar surface area (TPSA) is 58.8 Å². The molecule has 1 aromatic carbocycles. The highest BCUT2D eigenvalue weighted by atomic mass is 79.9. The third kappa shape index (κ3) is 2.61. The van der Waals surface area contributed by atoms with Crippen LogP contribution in [0.2, 0.25) is 5.15 Å². The lowest BCUT2D eigenvalue weighted by Crippen LogP contribution is -1.93. The molecule has 0 bridgehead atoms. The van der Waals surface area contributed by atoms with Gasteiger partial charge in [0.2, 0.25) is 5.88 Å². The minimum Gasteiger partial charge on any atom is -0.437 e. The number of ether oxygens (including phenoxy) is 1. The van der Waals surface area contributed by atoms with Crippen molar-refractivity contribution in [1.29, 1.82) is 5.26 Å². The zero-order chi connectivity index (χ0) is 13.1. The molecule has 0 spiro atoms. The fraction of sp³-hybridized carbons (Fsp3) is 0.0833. The molecule has 0 N–H and O–H groups in total. The fourth-order valence-corrected chi connectivity index (χ4v) is 1.70. The molecule has 0 atom stereocenters. The van der Waals surface area contributed by atoms with Crippen molar-refractivity contribution >= 4 is 27.5 Å². The van der Waals surface area contributed by atoms with Crippen molar-refractivity contribution in [3.63, 3.8) is 0 Å². The SMILES string of the molecule is Cc1ccc(C#N)cc1Oc1ncnc(Cl)c1Br. The third-order valence-electron chi connectivity index (χ3n) is 2.24. The van der Waals surface area contributed by atoms with Crippen LogP contribution in [0.3, 0.4) is 0 Å². The van der Waals surface area contributed by atoms with E-state index in [1.165, 1.54) is 6.33 Å². The summed E-state index contributed by atoms with van der Waals surface area (Å²) in [5.41, 5.74) is 1.42. The lowest BCUT2D eigenvalue weighted by molar-refractivity contribution is 0.454. The largest absolute Gasteiger partial charge is 0.437 e. The number of halogens is 2. The van der Waals surface area contributed by atoms with Gasteiger partial charge in [0.25, 0.3) is 0 Å². The van der Waals surface area contributed by atoms with Gasteiger partial charge >= 0.3 is 0 Å². The number of nitriles is 1. The number of hydrogen-bond acceptors (Lipinski definition) is 4. The van der Waals surface area contributed by atoms with E-state index in [1.807, 2.05) is 13.0 Å². The van der Waals surface area contributed by atoms with Gasteiger partial charge in [0.1, 0.15) is 16.5 Å². The predicted molar refractivity (Wildman–Crippen MR) is 70.7 cm³/mol. The number of rotatable bonds is 2. The van der Waals surface area contributed by atoms with Crippen molar-refractivity contribution in [3.05, 3.63) is 45.3 Å². The Hall–Kier alpha value is -1.64. The maximum Gasteiger partial charge on any atom is 0.238 e. The second-order valence-electron chi connectivity index (χ2n) is 3.48. The molecule has 0 amide bonds. The van der Waals surface area contributed by atoms with E-state index < -0.39 is 0 Å². The molecular weight excluding hydrogens is 318 g/mol. The molecule has 90 valence electrons. The Morgan fingerprint density at radius 2 is 2.17 bits per heavy atom. The summed E-state index contributed by atoms with van der Waals surface area (Å²) < 4.78 is 6.11. The molecular formula is C12H7BrClN3O. The van der Waals surface area contributed by atoms with Gasteiger partial charge in [-0.3, -0.25) is 0 Å². The van der Waals surface area contributed by atoms with E-state index in [4.69, 9.17) is 21.6 Å². The zero-order valence-corrected chi connectivity index (χ0v) is 11.7. The normalized spacial score (nSPS) is 9.89. The van der Waals surface area contributed by atoms with E-state index in [0.717, 1.165) is 5.56 Å². The van der Waals surface area contributed by atoms with Crippen LogP contribution in [0.1, 0.15) is 11.1 Å². The van der Waals surface area contributed by atoms with E-state index in [9.17, 15) is 0 Å². The van der Waals surface area contributed by atoms with Gasteiger partial charge in [0.15, 0.2) is 5.15 Å². The van der Waals surface area contributed by atoms with Crippen LogP contribution in [0, 0.1) is 18.3 Å². The summed E-state index contributed by atoms with van der Waals surface area (Å²) in [5.74, 6) is 0.873. The Balaban J connectivity index is 2.40. The summed E-state index contributed by atoms with van der Waals surface area (Å²) >= 11 is 9.10. The van der Waals surface area contributed by atoms with Gasteiger partial charge in [-0.25, -0.2) is 9.97 Å². The first kappa shape index (κ1) is 12.8. The minimum absolute atomic E-state index is 0.272. The Morgan fingerprint density at radius 1 is 1.39 bits per heavy atom. The van der Waals surface area contributed by atoms with E-state index in [-0.39, 0.29) is 5.15 Å². The first-order valence-corrected chi connectivity index (χ1v) is 6.13. The smallest absolute Gasteiger partial charge is 0.238 e. The first-order valence-electron chi connectivity index (χ1n) is 4.96. The monoisotopic (exact) mass is 323 g/mol. The molecule has 0 unspecified atom stereocenters. The highest BCUT2D eigenvalue weighted by Gasteiger charge is 2.10. The van der Waals surface area contributed by atoms with Gasteiger partial charge in [-0.1, -0.05) is 17.7 Å². The second kappa shape index (κ2) is 5.34. The predicted octanol–water partition coefficient (Wildman–Crippen LogP) is 3.86. The van der Waals surface area contributed by atoms with Crippen LogP contribution < -0.4 is 4.74 Å². The number of nitrogens with zero attached hydrogens (tertiary/aromatic N) is 3. The Bertz CT molecular complexity index is 640. The zero-order valence-electron chi connectivity index (χ0n) is 9.32. The Labute approximate surface area is 117 Å². The van der Waals surface area contributed by atoms with E-state index in [0.29, 0.717) is 21.7 Å². The molecule has 0 aliphatic carbocycles. The second-order valence-corrected chi connectivity index (χ2v) is 4.63. The molecule has 4 nitrogen and oxygen atoms in total. The maximum atomic E-state index is 8.86. The van der Waals surface area contributed by atoms with E-state index in [1.54, 1.807) is 12.1 Å². The van der Waals surface area contributed by atoms with Crippen molar-refractivity contribution in [2.75, 3.05) is 0 Å². The molecule has 0 aliphatic rings. The van der Waals surface area contributed by atoms with E-state index >= 15 is 0 Å². The van der Waals surface area contributed by atoms with Crippen molar-refractivity contribution in [1.82, 2.24) is 9.97 Å². The molecule has 1 aromatic heterocycles. The average Bonchev–Trinajstić information content (AvgIpc) is 2.37. The quantitative estimate of drug-likeness (QED) is 0.787. The number of hydrogen-bond donors (Lipinski definition) is 0. The molecule has 0 saturated heterocycles. The third-order valence-corrected chi connectivity index (χ3v) is 3.47. The van der Waals surface area contributed by atoms with Crippen molar-refractivity contribution < 1.29 is 4.74 Å². The van der Waals surface area contributed by atoms with Gasteiger partial charge in [-0.2, -0.15) is 5.26 Å². The van der Waals surface area contributed by atoms with Gasteiger partial charge in [-0.15, -0.1) is 0 Å². The fourth-order valence-electron chi connectivity index (χ4n) is 1.29. The van der Waals surface area contributed by atoms with Crippen molar-refractivity contribution in [2.24, 2.45) is 0 Å². The maximum absolute atomic E-state index is 8.86. The average molecular weight is 325 g/mol. The van der Waals surface area contributed by atoms with Crippen molar-refractivity contribution in [3.8, 4) is 17.7 Å². The van der Waals surface area contributed by atoms with Crippen LogP contribution in [0.15, 0.2) is 29.0 Å². The molecule has 6 heteroatoms. The van der Waals surface area contributed by atoms with Crippen molar-refractivity contribution in [2.45, 2.75) is 6.92 Å². The lowest BCUT2D eigenvalue weighted by Gasteiger charge is -2.09. The van der Waals surface area contributed by atoms with Gasteiger partial charge in [0, 0.05) is 0 Å². The van der Waals surface area contributed by atoms with Gasteiger partial charge < -0.3 is 4.74 Å².